The lowest BCUT2D eigenvalue weighted by molar-refractivity contribution is 0.415. The second-order valence-electron chi connectivity index (χ2n) is 5.49. The second kappa shape index (κ2) is 7.81. The highest BCUT2D eigenvalue weighted by atomic mass is 35.5. The molecule has 0 aliphatic heterocycles. The Bertz CT molecular complexity index is 1030. The van der Waals surface area contributed by atoms with E-state index in [1.807, 2.05) is 48.5 Å². The molecule has 0 bridgehead atoms. The van der Waals surface area contributed by atoms with E-state index in [4.69, 9.17) is 20.8 Å². The predicted molar refractivity (Wildman–Crippen MR) is 103 cm³/mol. The SMILES string of the molecule is COc1ccc(-c2nnc(CSc3n[nH]c(-c4ccc(Cl)cc4)n3)o2)cc1. The summed E-state index contributed by atoms with van der Waals surface area (Å²) in [5, 5.41) is 16.6. The largest absolute Gasteiger partial charge is 0.497 e. The zero-order chi connectivity index (χ0) is 18.6. The third-order valence-corrected chi connectivity index (χ3v) is 4.80. The normalized spacial score (nSPS) is 10.9. The number of aromatic amines is 1. The summed E-state index contributed by atoms with van der Waals surface area (Å²) in [6.45, 7) is 0. The molecule has 0 fully saturated rings. The van der Waals surface area contributed by atoms with Crippen LogP contribution >= 0.6 is 23.4 Å². The Morgan fingerprint density at radius 2 is 1.78 bits per heavy atom. The minimum absolute atomic E-state index is 0.463. The summed E-state index contributed by atoms with van der Waals surface area (Å²) < 4.78 is 10.8. The van der Waals surface area contributed by atoms with Gasteiger partial charge in [-0.25, -0.2) is 4.98 Å². The van der Waals surface area contributed by atoms with Crippen LogP contribution < -0.4 is 4.74 Å². The Hall–Kier alpha value is -2.84. The van der Waals surface area contributed by atoms with Crippen molar-refractivity contribution in [3.05, 3.63) is 59.4 Å². The van der Waals surface area contributed by atoms with Gasteiger partial charge in [-0.15, -0.1) is 15.3 Å². The molecule has 0 aliphatic carbocycles. The monoisotopic (exact) mass is 399 g/mol. The quantitative estimate of drug-likeness (QED) is 0.478. The summed E-state index contributed by atoms with van der Waals surface area (Å²) in [5.74, 6) is 2.89. The van der Waals surface area contributed by atoms with Gasteiger partial charge >= 0.3 is 0 Å². The van der Waals surface area contributed by atoms with Crippen LogP contribution in [0.5, 0.6) is 5.75 Å². The molecule has 0 aliphatic rings. The van der Waals surface area contributed by atoms with E-state index in [0.29, 0.717) is 33.5 Å². The molecule has 0 unspecified atom stereocenters. The number of nitrogens with one attached hydrogen (secondary N) is 1. The molecule has 9 heteroatoms. The van der Waals surface area contributed by atoms with Crippen molar-refractivity contribution in [1.82, 2.24) is 25.4 Å². The third-order valence-electron chi connectivity index (χ3n) is 3.71. The zero-order valence-corrected chi connectivity index (χ0v) is 15.8. The highest BCUT2D eigenvalue weighted by Crippen LogP contribution is 2.25. The summed E-state index contributed by atoms with van der Waals surface area (Å²) >= 11 is 7.31. The number of H-pyrrole nitrogens is 1. The number of halogens is 1. The first-order valence-electron chi connectivity index (χ1n) is 7.99. The summed E-state index contributed by atoms with van der Waals surface area (Å²) in [4.78, 5) is 4.46. The molecule has 0 saturated heterocycles. The number of methoxy groups -OCH3 is 1. The van der Waals surface area contributed by atoms with Crippen molar-refractivity contribution < 1.29 is 9.15 Å². The Morgan fingerprint density at radius 1 is 1.04 bits per heavy atom. The van der Waals surface area contributed by atoms with Crippen molar-refractivity contribution in [3.63, 3.8) is 0 Å². The topological polar surface area (TPSA) is 89.7 Å². The Morgan fingerprint density at radius 3 is 2.52 bits per heavy atom. The predicted octanol–water partition coefficient (Wildman–Crippen LogP) is 4.48. The van der Waals surface area contributed by atoms with Gasteiger partial charge < -0.3 is 9.15 Å². The Kier molecular flexibility index (Phi) is 5.08. The van der Waals surface area contributed by atoms with Gasteiger partial charge in [0.05, 0.1) is 12.9 Å². The van der Waals surface area contributed by atoms with E-state index in [9.17, 15) is 0 Å². The fourth-order valence-electron chi connectivity index (χ4n) is 2.34. The van der Waals surface area contributed by atoms with E-state index >= 15 is 0 Å². The summed E-state index contributed by atoms with van der Waals surface area (Å²) in [6, 6.07) is 14.8. The molecule has 136 valence electrons. The molecular weight excluding hydrogens is 386 g/mol. The van der Waals surface area contributed by atoms with Crippen LogP contribution in [-0.2, 0) is 5.75 Å². The van der Waals surface area contributed by atoms with Gasteiger partial charge in [-0.2, -0.15) is 0 Å². The number of nitrogens with zero attached hydrogens (tertiary/aromatic N) is 4. The van der Waals surface area contributed by atoms with Gasteiger partial charge in [-0.05, 0) is 48.5 Å². The molecule has 7 nitrogen and oxygen atoms in total. The minimum atomic E-state index is 0.463. The lowest BCUT2D eigenvalue weighted by atomic mass is 10.2. The number of thioether (sulfide) groups is 1. The number of hydrogen-bond acceptors (Lipinski definition) is 7. The molecule has 2 heterocycles. The summed E-state index contributed by atoms with van der Waals surface area (Å²) in [7, 11) is 1.62. The van der Waals surface area contributed by atoms with E-state index in [1.54, 1.807) is 7.11 Å². The van der Waals surface area contributed by atoms with Crippen molar-refractivity contribution in [2.24, 2.45) is 0 Å². The lowest BCUT2D eigenvalue weighted by Crippen LogP contribution is -1.82. The molecule has 0 saturated carbocycles. The van der Waals surface area contributed by atoms with Crippen molar-refractivity contribution >= 4 is 23.4 Å². The number of hydrogen-bond donors (Lipinski definition) is 1. The standard InChI is InChI=1S/C18H14ClN5O2S/c1-25-14-8-4-12(5-9-14)17-23-21-15(26-17)10-27-18-20-16(22-24-18)11-2-6-13(19)7-3-11/h2-9H,10H2,1H3,(H,20,22,24). The molecule has 4 aromatic rings. The second-order valence-corrected chi connectivity index (χ2v) is 6.87. The smallest absolute Gasteiger partial charge is 0.247 e. The van der Waals surface area contributed by atoms with E-state index in [1.165, 1.54) is 11.8 Å². The molecule has 1 N–H and O–H groups in total. The lowest BCUT2D eigenvalue weighted by Gasteiger charge is -1.99. The van der Waals surface area contributed by atoms with Crippen molar-refractivity contribution in [2.75, 3.05) is 7.11 Å². The number of aromatic nitrogens is 5. The van der Waals surface area contributed by atoms with Gasteiger partial charge in [-0.3, -0.25) is 5.10 Å². The molecule has 0 amide bonds. The summed E-state index contributed by atoms with van der Waals surface area (Å²) in [5.41, 5.74) is 1.75. The zero-order valence-electron chi connectivity index (χ0n) is 14.2. The number of ether oxygens (including phenoxy) is 1. The van der Waals surface area contributed by atoms with Crippen LogP contribution in [0.2, 0.25) is 5.02 Å². The average Bonchev–Trinajstić information content (AvgIpc) is 3.37. The van der Waals surface area contributed by atoms with Crippen LogP contribution in [0, 0.1) is 0 Å². The van der Waals surface area contributed by atoms with Gasteiger partial charge in [0.1, 0.15) is 5.75 Å². The van der Waals surface area contributed by atoms with Gasteiger partial charge in [0.25, 0.3) is 0 Å². The van der Waals surface area contributed by atoms with E-state index in [-0.39, 0.29) is 0 Å². The van der Waals surface area contributed by atoms with Gasteiger partial charge in [-0.1, -0.05) is 23.4 Å². The third kappa shape index (κ3) is 4.12. The minimum Gasteiger partial charge on any atom is -0.497 e. The van der Waals surface area contributed by atoms with Gasteiger partial charge in [0.15, 0.2) is 5.82 Å². The van der Waals surface area contributed by atoms with E-state index in [2.05, 4.69) is 25.4 Å². The summed E-state index contributed by atoms with van der Waals surface area (Å²) in [6.07, 6.45) is 0. The van der Waals surface area contributed by atoms with Crippen molar-refractivity contribution in [1.29, 1.82) is 0 Å². The first-order valence-corrected chi connectivity index (χ1v) is 9.35. The average molecular weight is 400 g/mol. The molecule has 2 aromatic carbocycles. The first kappa shape index (κ1) is 17.6. The number of rotatable bonds is 6. The Balaban J connectivity index is 1.40. The molecule has 2 aromatic heterocycles. The van der Waals surface area contributed by atoms with Crippen LogP contribution in [0.25, 0.3) is 22.8 Å². The van der Waals surface area contributed by atoms with Crippen LogP contribution in [-0.4, -0.2) is 32.5 Å². The van der Waals surface area contributed by atoms with Crippen LogP contribution in [0.1, 0.15) is 5.89 Å². The van der Waals surface area contributed by atoms with Crippen LogP contribution in [0.4, 0.5) is 0 Å². The van der Waals surface area contributed by atoms with Crippen molar-refractivity contribution in [2.45, 2.75) is 10.9 Å². The van der Waals surface area contributed by atoms with Gasteiger partial charge in [0, 0.05) is 16.1 Å². The highest BCUT2D eigenvalue weighted by molar-refractivity contribution is 7.98. The van der Waals surface area contributed by atoms with Gasteiger partial charge in [0.2, 0.25) is 16.9 Å². The fraction of sp³-hybridized carbons (Fsp3) is 0.111. The molecule has 0 spiro atoms. The van der Waals surface area contributed by atoms with Crippen molar-refractivity contribution in [3.8, 4) is 28.6 Å². The van der Waals surface area contributed by atoms with Crippen LogP contribution in [0.15, 0.2) is 58.1 Å². The highest BCUT2D eigenvalue weighted by Gasteiger charge is 2.11. The molecule has 27 heavy (non-hydrogen) atoms. The molecule has 4 rings (SSSR count). The van der Waals surface area contributed by atoms with Crippen LogP contribution in [0.3, 0.4) is 0 Å². The maximum atomic E-state index is 5.90. The number of benzene rings is 2. The van der Waals surface area contributed by atoms with E-state index in [0.717, 1.165) is 16.9 Å². The maximum absolute atomic E-state index is 5.90. The molecular formula is C18H14ClN5O2S. The first-order chi connectivity index (χ1) is 13.2. The Labute approximate surface area is 164 Å². The fourth-order valence-corrected chi connectivity index (χ4v) is 3.10. The molecule has 0 radical (unpaired) electrons. The maximum Gasteiger partial charge on any atom is 0.247 e. The molecule has 0 atom stereocenters. The van der Waals surface area contributed by atoms with E-state index < -0.39 is 0 Å².